The van der Waals surface area contributed by atoms with Crippen LogP contribution in [0.5, 0.6) is 0 Å². The molecule has 2 saturated heterocycles. The molecule has 2 aliphatic heterocycles. The zero-order chi connectivity index (χ0) is 21.9. The quantitative estimate of drug-likeness (QED) is 0.260. The lowest BCUT2D eigenvalue weighted by Crippen LogP contribution is -2.61. The van der Waals surface area contributed by atoms with Crippen LogP contribution < -0.4 is 11.1 Å². The number of carboxylic acid groups (broad SMARTS) is 1. The Bertz CT molecular complexity index is 840. The summed E-state index contributed by atoms with van der Waals surface area (Å²) in [6.07, 6.45) is 3.87. The standard InChI is InChI=1S/C17H28BN5O6S/c19-17(16(24)25)12-22(11-14(17)2-1-5-18(26)27)30(28,29)23(15-8-21-9-15)10-13-3-6-20-7-4-13/h3-4,6-7,14-15,21,26-27H,1-2,5,8-12,19H2,(H,24,25)/t14-,17-/m0/s1. The summed E-state index contributed by atoms with van der Waals surface area (Å²) in [5, 5.41) is 30.8. The van der Waals surface area contributed by atoms with Crippen molar-refractivity contribution in [3.63, 3.8) is 0 Å². The van der Waals surface area contributed by atoms with E-state index in [9.17, 15) is 18.3 Å². The van der Waals surface area contributed by atoms with E-state index in [2.05, 4.69) is 10.3 Å². The Hall–Kier alpha value is -1.61. The van der Waals surface area contributed by atoms with Gasteiger partial charge >= 0.3 is 13.1 Å². The molecule has 6 N–H and O–H groups in total. The van der Waals surface area contributed by atoms with E-state index >= 15 is 0 Å². The predicted molar refractivity (Wildman–Crippen MR) is 109 cm³/mol. The molecule has 1 aromatic heterocycles. The third-order valence-corrected chi connectivity index (χ3v) is 7.83. The van der Waals surface area contributed by atoms with Crippen molar-refractivity contribution in [1.82, 2.24) is 18.9 Å². The zero-order valence-electron chi connectivity index (χ0n) is 16.6. The van der Waals surface area contributed by atoms with Crippen molar-refractivity contribution < 1.29 is 28.4 Å². The van der Waals surface area contributed by atoms with Crippen molar-refractivity contribution in [2.45, 2.75) is 37.3 Å². The minimum absolute atomic E-state index is 0.0281. The van der Waals surface area contributed by atoms with Crippen LogP contribution in [-0.4, -0.2) is 88.0 Å². The van der Waals surface area contributed by atoms with Gasteiger partial charge < -0.3 is 26.2 Å². The summed E-state index contributed by atoms with van der Waals surface area (Å²) in [5.41, 5.74) is 5.21. The van der Waals surface area contributed by atoms with Gasteiger partial charge in [-0.3, -0.25) is 9.78 Å². The first-order valence-electron chi connectivity index (χ1n) is 9.89. The number of rotatable bonds is 10. The van der Waals surface area contributed by atoms with Crippen LogP contribution in [0.1, 0.15) is 18.4 Å². The normalized spacial score (nSPS) is 25.4. The fraction of sp³-hybridized carbons (Fsp3) is 0.647. The lowest BCUT2D eigenvalue weighted by Gasteiger charge is -2.39. The first-order chi connectivity index (χ1) is 14.1. The van der Waals surface area contributed by atoms with Crippen LogP contribution in [0.3, 0.4) is 0 Å². The third-order valence-electron chi connectivity index (χ3n) is 5.88. The Morgan fingerprint density at radius 1 is 1.37 bits per heavy atom. The molecule has 0 spiro atoms. The summed E-state index contributed by atoms with van der Waals surface area (Å²) in [6, 6.07) is 3.25. The van der Waals surface area contributed by atoms with Crippen molar-refractivity contribution in [1.29, 1.82) is 0 Å². The molecule has 0 aromatic carbocycles. The van der Waals surface area contributed by atoms with Crippen molar-refractivity contribution in [3.05, 3.63) is 30.1 Å². The number of nitrogens with one attached hydrogen (secondary N) is 1. The lowest BCUT2D eigenvalue weighted by molar-refractivity contribution is -0.144. The molecule has 2 fully saturated rings. The maximum absolute atomic E-state index is 13.5. The van der Waals surface area contributed by atoms with Crippen LogP contribution in [0.2, 0.25) is 6.32 Å². The Morgan fingerprint density at radius 2 is 2.03 bits per heavy atom. The van der Waals surface area contributed by atoms with Crippen LogP contribution in [-0.2, 0) is 21.5 Å². The van der Waals surface area contributed by atoms with Gasteiger partial charge in [-0.25, -0.2) is 0 Å². The second kappa shape index (κ2) is 9.26. The SMILES string of the molecule is N[C@@]1(C(=O)O)CN(S(=O)(=O)N(Cc2ccncc2)C2CNC2)C[C@@H]1CCCB(O)O. The number of aliphatic carboxylic acids is 1. The van der Waals surface area contributed by atoms with Gasteiger partial charge in [0.15, 0.2) is 0 Å². The van der Waals surface area contributed by atoms with E-state index in [4.69, 9.17) is 15.8 Å². The Labute approximate surface area is 176 Å². The van der Waals surface area contributed by atoms with Crippen molar-refractivity contribution in [2.75, 3.05) is 26.2 Å². The number of hydrogen-bond donors (Lipinski definition) is 5. The van der Waals surface area contributed by atoms with E-state index in [1.807, 2.05) is 0 Å². The fourth-order valence-electron chi connectivity index (χ4n) is 3.90. The summed E-state index contributed by atoms with van der Waals surface area (Å²) >= 11 is 0. The number of pyridine rings is 1. The number of carboxylic acids is 1. The molecule has 0 saturated carbocycles. The summed E-state index contributed by atoms with van der Waals surface area (Å²) < 4.78 is 29.5. The molecule has 0 radical (unpaired) electrons. The Balaban J connectivity index is 1.81. The molecule has 13 heteroatoms. The molecule has 0 amide bonds. The number of carbonyl (C=O) groups is 1. The fourth-order valence-corrected chi connectivity index (χ4v) is 5.78. The molecule has 1 aromatic rings. The maximum atomic E-state index is 13.5. The number of aromatic nitrogens is 1. The molecule has 3 heterocycles. The molecule has 3 rings (SSSR count). The van der Waals surface area contributed by atoms with Crippen LogP contribution in [0.15, 0.2) is 24.5 Å². The largest absolute Gasteiger partial charge is 0.480 e. The first-order valence-corrected chi connectivity index (χ1v) is 11.3. The second-order valence-corrected chi connectivity index (χ2v) is 9.85. The lowest BCUT2D eigenvalue weighted by atomic mass is 9.78. The van der Waals surface area contributed by atoms with Gasteiger partial charge in [-0.1, -0.05) is 6.42 Å². The smallest absolute Gasteiger partial charge is 0.451 e. The maximum Gasteiger partial charge on any atom is 0.451 e. The molecule has 2 atom stereocenters. The van der Waals surface area contributed by atoms with Crippen molar-refractivity contribution in [2.24, 2.45) is 11.7 Å². The third kappa shape index (κ3) is 4.83. The summed E-state index contributed by atoms with van der Waals surface area (Å²) in [7, 11) is -5.47. The topological polar surface area (TPSA) is 169 Å². The molecule has 11 nitrogen and oxygen atoms in total. The zero-order valence-corrected chi connectivity index (χ0v) is 17.4. The van der Waals surface area contributed by atoms with Crippen molar-refractivity contribution in [3.8, 4) is 0 Å². The molecule has 2 aliphatic rings. The van der Waals surface area contributed by atoms with Crippen LogP contribution in [0.4, 0.5) is 0 Å². The van der Waals surface area contributed by atoms with Crippen molar-refractivity contribution >= 4 is 23.3 Å². The van der Waals surface area contributed by atoms with E-state index < -0.39 is 34.8 Å². The summed E-state index contributed by atoms with van der Waals surface area (Å²) in [6.45, 7) is 0.828. The number of nitrogens with zero attached hydrogens (tertiary/aromatic N) is 3. The molecule has 30 heavy (non-hydrogen) atoms. The summed E-state index contributed by atoms with van der Waals surface area (Å²) in [4.78, 5) is 15.8. The molecule has 166 valence electrons. The molecule has 0 bridgehead atoms. The van der Waals surface area contributed by atoms with Gasteiger partial charge in [0.25, 0.3) is 10.2 Å². The molecule has 0 aliphatic carbocycles. The van der Waals surface area contributed by atoms with Gasteiger partial charge in [0, 0.05) is 51.0 Å². The van der Waals surface area contributed by atoms with E-state index in [0.717, 1.165) is 9.87 Å². The van der Waals surface area contributed by atoms with Gasteiger partial charge in [-0.15, -0.1) is 0 Å². The van der Waals surface area contributed by atoms with Gasteiger partial charge in [0.2, 0.25) is 0 Å². The van der Waals surface area contributed by atoms with Gasteiger partial charge in [-0.2, -0.15) is 17.0 Å². The average molecular weight is 441 g/mol. The molecular weight excluding hydrogens is 413 g/mol. The Kier molecular flexibility index (Phi) is 7.12. The van der Waals surface area contributed by atoms with Gasteiger partial charge in [0.1, 0.15) is 5.54 Å². The number of nitrogens with two attached hydrogens (primary N) is 1. The van der Waals surface area contributed by atoms with Crippen LogP contribution >= 0.6 is 0 Å². The van der Waals surface area contributed by atoms with E-state index in [0.29, 0.717) is 19.5 Å². The highest BCUT2D eigenvalue weighted by Crippen LogP contribution is 2.34. The van der Waals surface area contributed by atoms with Gasteiger partial charge in [0.05, 0.1) is 6.04 Å². The van der Waals surface area contributed by atoms with E-state index in [1.165, 1.54) is 4.31 Å². The highest BCUT2D eigenvalue weighted by atomic mass is 32.2. The summed E-state index contributed by atoms with van der Waals surface area (Å²) in [5.74, 6) is -1.90. The van der Waals surface area contributed by atoms with Crippen LogP contribution in [0, 0.1) is 5.92 Å². The van der Waals surface area contributed by atoms with Crippen LogP contribution in [0.25, 0.3) is 0 Å². The Morgan fingerprint density at radius 3 is 2.57 bits per heavy atom. The monoisotopic (exact) mass is 441 g/mol. The minimum Gasteiger partial charge on any atom is -0.480 e. The van der Waals surface area contributed by atoms with E-state index in [1.54, 1.807) is 24.5 Å². The van der Waals surface area contributed by atoms with Gasteiger partial charge in [-0.05, 0) is 30.4 Å². The average Bonchev–Trinajstić information content (AvgIpc) is 2.99. The first kappa shape index (κ1) is 23.1. The van der Waals surface area contributed by atoms with E-state index in [-0.39, 0.29) is 38.4 Å². The highest BCUT2D eigenvalue weighted by Gasteiger charge is 2.54. The molecule has 0 unspecified atom stereocenters. The molecular formula is C17H28BN5O6S. The minimum atomic E-state index is -3.97. The number of hydrogen-bond acceptors (Lipinski definition) is 8. The highest BCUT2D eigenvalue weighted by molar-refractivity contribution is 7.86. The second-order valence-electron chi connectivity index (χ2n) is 7.97. The predicted octanol–water partition coefficient (Wildman–Crippen LogP) is -1.93.